The summed E-state index contributed by atoms with van der Waals surface area (Å²) in [4.78, 5) is 11.9. The van der Waals surface area contributed by atoms with E-state index in [1.165, 1.54) is 35.3 Å². The van der Waals surface area contributed by atoms with E-state index in [9.17, 15) is 21.6 Å². The highest BCUT2D eigenvalue weighted by molar-refractivity contribution is 7.89. The normalized spacial score (nSPS) is 12.2. The lowest BCUT2D eigenvalue weighted by Crippen LogP contribution is -2.12. The smallest absolute Gasteiger partial charge is 0.274 e. The number of nitrogens with two attached hydrogens (primary N) is 1. The molecule has 0 aliphatic heterocycles. The molecule has 2 heterocycles. The third-order valence-corrected chi connectivity index (χ3v) is 5.58. The van der Waals surface area contributed by atoms with Gasteiger partial charge in [-0.1, -0.05) is 35.9 Å². The Bertz CT molecular complexity index is 1400. The number of benzene rings is 2. The van der Waals surface area contributed by atoms with Crippen LogP contribution < -0.4 is 5.14 Å². The molecule has 0 saturated carbocycles. The maximum Gasteiger partial charge on any atom is 0.433 e. The fourth-order valence-corrected chi connectivity index (χ4v) is 3.56. The molecule has 0 atom stereocenters. The van der Waals surface area contributed by atoms with E-state index in [1.54, 1.807) is 30.3 Å². The number of halogens is 4. The number of sulfonamides is 1. The number of rotatable bonds is 4. The Hall–Kier alpha value is -3.28. The molecule has 0 amide bonds. The maximum absolute atomic E-state index is 13.5. The summed E-state index contributed by atoms with van der Waals surface area (Å²) in [5, 5.41) is 5.58. The van der Waals surface area contributed by atoms with E-state index in [0.717, 1.165) is 6.07 Å². The first-order valence-electron chi connectivity index (χ1n) is 8.90. The minimum absolute atomic E-state index is 0.0467. The van der Waals surface area contributed by atoms with Gasteiger partial charge in [0.25, 0.3) is 0 Å². The van der Waals surface area contributed by atoms with E-state index in [0.29, 0.717) is 21.8 Å². The van der Waals surface area contributed by atoms with Crippen LogP contribution in [0.1, 0.15) is 5.69 Å². The first-order chi connectivity index (χ1) is 15.0. The topological polar surface area (TPSA) is 104 Å². The highest BCUT2D eigenvalue weighted by Gasteiger charge is 2.34. The summed E-state index contributed by atoms with van der Waals surface area (Å²) in [6, 6.07) is 12.7. The Morgan fingerprint density at radius 2 is 1.66 bits per heavy atom. The van der Waals surface area contributed by atoms with Crippen molar-refractivity contribution in [1.82, 2.24) is 19.5 Å². The summed E-state index contributed by atoms with van der Waals surface area (Å²) in [6.07, 6.45) is -2.07. The molecular formula is C20H13ClF3N5O2S. The minimum atomic E-state index is -4.70. The molecule has 7 nitrogen and oxygen atoms in total. The number of aromatic nitrogens is 4. The van der Waals surface area contributed by atoms with E-state index in [-0.39, 0.29) is 16.5 Å². The summed E-state index contributed by atoms with van der Waals surface area (Å²) in [6.45, 7) is 0. The number of alkyl halides is 3. The van der Waals surface area contributed by atoms with Gasteiger partial charge in [0.05, 0.1) is 16.3 Å². The van der Waals surface area contributed by atoms with Gasteiger partial charge in [0.1, 0.15) is 6.33 Å². The van der Waals surface area contributed by atoms with Crippen LogP contribution in [0.4, 0.5) is 13.2 Å². The average molecular weight is 480 g/mol. The number of nitrogens with zero attached hydrogens (tertiary/aromatic N) is 4. The fourth-order valence-electron chi connectivity index (χ4n) is 2.88. The van der Waals surface area contributed by atoms with Gasteiger partial charge in [0.15, 0.2) is 5.69 Å². The van der Waals surface area contributed by atoms with Crippen LogP contribution in [0, 0.1) is 0 Å². The number of imidazole rings is 1. The van der Waals surface area contributed by atoms with Crippen LogP contribution in [-0.2, 0) is 16.2 Å². The molecule has 0 fully saturated rings. The van der Waals surface area contributed by atoms with Gasteiger partial charge >= 0.3 is 6.18 Å². The Morgan fingerprint density at radius 1 is 0.938 bits per heavy atom. The van der Waals surface area contributed by atoms with Gasteiger partial charge in [0.2, 0.25) is 16.0 Å². The molecule has 164 valence electrons. The third-order valence-electron chi connectivity index (χ3n) is 4.42. The van der Waals surface area contributed by atoms with Crippen LogP contribution in [0.25, 0.3) is 28.5 Å². The molecule has 0 radical (unpaired) electrons. The molecule has 0 unspecified atom stereocenters. The lowest BCUT2D eigenvalue weighted by Gasteiger charge is -2.11. The van der Waals surface area contributed by atoms with Crippen molar-refractivity contribution in [2.24, 2.45) is 5.14 Å². The highest BCUT2D eigenvalue weighted by atomic mass is 35.5. The zero-order valence-electron chi connectivity index (χ0n) is 16.0. The fraction of sp³-hybridized carbons (Fsp3) is 0.0500. The van der Waals surface area contributed by atoms with Crippen molar-refractivity contribution in [2.75, 3.05) is 0 Å². The van der Waals surface area contributed by atoms with Crippen molar-refractivity contribution in [3.63, 3.8) is 0 Å². The molecule has 4 aromatic rings. The molecule has 0 spiro atoms. The van der Waals surface area contributed by atoms with E-state index in [2.05, 4.69) is 15.0 Å². The van der Waals surface area contributed by atoms with Gasteiger partial charge in [0, 0.05) is 22.3 Å². The van der Waals surface area contributed by atoms with Crippen LogP contribution >= 0.6 is 11.6 Å². The van der Waals surface area contributed by atoms with Crippen molar-refractivity contribution in [3.05, 3.63) is 77.8 Å². The Kier molecular flexibility index (Phi) is 5.49. The number of primary sulfonamides is 1. The summed E-state index contributed by atoms with van der Waals surface area (Å²) in [5.74, 6) is -0.258. The van der Waals surface area contributed by atoms with Crippen LogP contribution in [0.15, 0.2) is 72.0 Å². The lowest BCUT2D eigenvalue weighted by molar-refractivity contribution is -0.141. The van der Waals surface area contributed by atoms with Gasteiger partial charge in [-0.05, 0) is 30.3 Å². The van der Waals surface area contributed by atoms with Gasteiger partial charge in [-0.15, -0.1) is 0 Å². The first-order valence-corrected chi connectivity index (χ1v) is 10.8. The average Bonchev–Trinajstić information content (AvgIpc) is 3.23. The number of hydrogen-bond donors (Lipinski definition) is 1. The SMILES string of the molecule is NS(=O)(=O)c1cccc(-c2cn(-c3nc(-c4ccc(Cl)cc4)cc(C(F)(F)F)n3)cn2)c1. The van der Waals surface area contributed by atoms with Gasteiger partial charge in [-0.2, -0.15) is 13.2 Å². The molecule has 0 saturated heterocycles. The summed E-state index contributed by atoms with van der Waals surface area (Å²) >= 11 is 5.86. The maximum atomic E-state index is 13.5. The molecular weight excluding hydrogens is 467 g/mol. The van der Waals surface area contributed by atoms with E-state index in [4.69, 9.17) is 16.7 Å². The largest absolute Gasteiger partial charge is 0.433 e. The minimum Gasteiger partial charge on any atom is -0.274 e. The van der Waals surface area contributed by atoms with Crippen LogP contribution in [0.2, 0.25) is 5.02 Å². The molecule has 0 aliphatic carbocycles. The van der Waals surface area contributed by atoms with Crippen molar-refractivity contribution in [3.8, 4) is 28.5 Å². The standard InChI is InChI=1S/C20H13ClF3N5O2S/c21-14-6-4-12(5-7-14)16-9-18(20(22,23)24)28-19(27-16)29-10-17(26-11-29)13-2-1-3-15(8-13)32(25,30)31/h1-11H,(H2,25,30,31). The van der Waals surface area contributed by atoms with Crippen LogP contribution in [0.3, 0.4) is 0 Å². The predicted molar refractivity (Wildman–Crippen MR) is 111 cm³/mol. The van der Waals surface area contributed by atoms with Gasteiger partial charge < -0.3 is 0 Å². The summed E-state index contributed by atoms with van der Waals surface area (Å²) < 4.78 is 64.8. The molecule has 0 bridgehead atoms. The zero-order chi connectivity index (χ0) is 23.1. The molecule has 32 heavy (non-hydrogen) atoms. The van der Waals surface area contributed by atoms with Gasteiger partial charge in [-0.25, -0.2) is 28.5 Å². The zero-order valence-corrected chi connectivity index (χ0v) is 17.5. The second-order valence-corrected chi connectivity index (χ2v) is 8.68. The molecule has 0 aliphatic rings. The summed E-state index contributed by atoms with van der Waals surface area (Å²) in [7, 11) is -3.93. The van der Waals surface area contributed by atoms with Gasteiger partial charge in [-0.3, -0.25) is 4.57 Å². The van der Waals surface area contributed by atoms with Crippen molar-refractivity contribution >= 4 is 21.6 Å². The second-order valence-electron chi connectivity index (χ2n) is 6.68. The molecule has 2 aromatic carbocycles. The molecule has 2 N–H and O–H groups in total. The lowest BCUT2D eigenvalue weighted by atomic mass is 10.1. The van der Waals surface area contributed by atoms with Crippen molar-refractivity contribution < 1.29 is 21.6 Å². The molecule has 4 rings (SSSR count). The first kappa shape index (κ1) is 21.9. The van der Waals surface area contributed by atoms with Crippen LogP contribution in [-0.4, -0.2) is 27.9 Å². The Labute approximate surface area is 185 Å². The Balaban J connectivity index is 1.80. The molecule has 12 heteroatoms. The monoisotopic (exact) mass is 479 g/mol. The summed E-state index contributed by atoms with van der Waals surface area (Å²) in [5.41, 5.74) is 0.0406. The Morgan fingerprint density at radius 3 is 2.31 bits per heavy atom. The quantitative estimate of drug-likeness (QED) is 0.469. The highest BCUT2D eigenvalue weighted by Crippen LogP contribution is 2.31. The second kappa shape index (κ2) is 8.01. The number of hydrogen-bond acceptors (Lipinski definition) is 5. The van der Waals surface area contributed by atoms with Crippen LogP contribution in [0.5, 0.6) is 0 Å². The van der Waals surface area contributed by atoms with E-state index < -0.39 is 21.9 Å². The van der Waals surface area contributed by atoms with E-state index >= 15 is 0 Å². The predicted octanol–water partition coefficient (Wildman–Crippen LogP) is 4.32. The van der Waals surface area contributed by atoms with E-state index in [1.807, 2.05) is 0 Å². The van der Waals surface area contributed by atoms with Crippen molar-refractivity contribution in [2.45, 2.75) is 11.1 Å². The third kappa shape index (κ3) is 4.64. The van der Waals surface area contributed by atoms with Crippen molar-refractivity contribution in [1.29, 1.82) is 0 Å². The molecule has 2 aromatic heterocycles.